The van der Waals surface area contributed by atoms with E-state index < -0.39 is 0 Å². The molecule has 2 aliphatic rings. The van der Waals surface area contributed by atoms with Gasteiger partial charge in [-0.2, -0.15) is 0 Å². The van der Waals surface area contributed by atoms with Gasteiger partial charge in [0.25, 0.3) is 0 Å². The molecule has 110 valence electrons. The number of aromatic nitrogens is 2. The van der Waals surface area contributed by atoms with Crippen LogP contribution in [0.1, 0.15) is 44.9 Å². The van der Waals surface area contributed by atoms with E-state index in [0.29, 0.717) is 13.0 Å². The van der Waals surface area contributed by atoms with Gasteiger partial charge in [-0.05, 0) is 32.6 Å². The molecule has 0 saturated carbocycles. The number of imidazole rings is 1. The van der Waals surface area contributed by atoms with Crippen molar-refractivity contribution in [1.29, 1.82) is 0 Å². The molecule has 1 aromatic heterocycles. The van der Waals surface area contributed by atoms with Crippen molar-refractivity contribution >= 4 is 5.91 Å². The third-order valence-electron chi connectivity index (χ3n) is 4.64. The number of likely N-dealkylation sites (tertiary alicyclic amines) is 1. The molecule has 3 rings (SSSR count). The highest BCUT2D eigenvalue weighted by molar-refractivity contribution is 5.76. The van der Waals surface area contributed by atoms with Gasteiger partial charge in [0.15, 0.2) is 0 Å². The number of carbonyl (C=O) groups excluding carboxylic acids is 1. The van der Waals surface area contributed by atoms with E-state index in [4.69, 9.17) is 4.74 Å². The second kappa shape index (κ2) is 5.56. The van der Waals surface area contributed by atoms with Gasteiger partial charge < -0.3 is 14.2 Å². The molecule has 1 aromatic rings. The minimum atomic E-state index is -0.0232. The van der Waals surface area contributed by atoms with Crippen molar-refractivity contribution in [2.45, 2.75) is 57.7 Å². The minimum absolute atomic E-state index is 0.0232. The molecule has 0 radical (unpaired) electrons. The molecule has 0 aliphatic carbocycles. The van der Waals surface area contributed by atoms with E-state index in [0.717, 1.165) is 51.2 Å². The van der Waals surface area contributed by atoms with Crippen molar-refractivity contribution in [2.75, 3.05) is 13.2 Å². The molecule has 2 fully saturated rings. The molecule has 1 amide bonds. The van der Waals surface area contributed by atoms with E-state index in [9.17, 15) is 4.79 Å². The van der Waals surface area contributed by atoms with Crippen LogP contribution in [0, 0.1) is 0 Å². The Morgan fingerprint density at radius 1 is 1.40 bits per heavy atom. The molecule has 1 unspecified atom stereocenters. The quantitative estimate of drug-likeness (QED) is 0.848. The first-order valence-electron chi connectivity index (χ1n) is 7.64. The van der Waals surface area contributed by atoms with E-state index in [1.807, 2.05) is 17.3 Å². The topological polar surface area (TPSA) is 47.4 Å². The van der Waals surface area contributed by atoms with E-state index in [1.54, 1.807) is 0 Å². The van der Waals surface area contributed by atoms with Crippen LogP contribution in [0.25, 0.3) is 0 Å². The predicted octanol–water partition coefficient (Wildman–Crippen LogP) is 1.96. The molecule has 5 nitrogen and oxygen atoms in total. The Bertz CT molecular complexity index is 477. The maximum atomic E-state index is 12.3. The number of amides is 1. The lowest BCUT2D eigenvalue weighted by atomic mass is 9.92. The van der Waals surface area contributed by atoms with Gasteiger partial charge in [-0.3, -0.25) is 4.79 Å². The first kappa shape index (κ1) is 13.6. The first-order chi connectivity index (χ1) is 9.72. The van der Waals surface area contributed by atoms with Crippen LogP contribution in [0.4, 0.5) is 0 Å². The summed E-state index contributed by atoms with van der Waals surface area (Å²) < 4.78 is 8.04. The Hall–Kier alpha value is -1.36. The van der Waals surface area contributed by atoms with Crippen LogP contribution < -0.4 is 0 Å². The van der Waals surface area contributed by atoms with Gasteiger partial charge in [-0.1, -0.05) is 0 Å². The Kier molecular flexibility index (Phi) is 3.78. The number of aryl methyl sites for hydroxylation is 1. The van der Waals surface area contributed by atoms with E-state index in [1.165, 1.54) is 0 Å². The number of rotatable bonds is 3. The van der Waals surface area contributed by atoms with Crippen LogP contribution in [0.15, 0.2) is 12.4 Å². The lowest BCUT2D eigenvalue weighted by Gasteiger charge is -2.26. The molecule has 0 bridgehead atoms. The van der Waals surface area contributed by atoms with Crippen molar-refractivity contribution in [2.24, 2.45) is 0 Å². The van der Waals surface area contributed by atoms with Crippen LogP contribution in [-0.2, 0) is 22.6 Å². The molecule has 0 aromatic carbocycles. The van der Waals surface area contributed by atoms with Crippen molar-refractivity contribution in [1.82, 2.24) is 14.5 Å². The molecule has 1 spiro atoms. The van der Waals surface area contributed by atoms with Gasteiger partial charge in [0, 0.05) is 38.5 Å². The zero-order chi connectivity index (χ0) is 14.0. The van der Waals surface area contributed by atoms with Crippen LogP contribution >= 0.6 is 0 Å². The van der Waals surface area contributed by atoms with Crippen molar-refractivity contribution in [3.05, 3.63) is 18.2 Å². The van der Waals surface area contributed by atoms with E-state index in [2.05, 4.69) is 16.5 Å². The molecular weight excluding hydrogens is 254 g/mol. The lowest BCUT2D eigenvalue weighted by Crippen LogP contribution is -2.32. The van der Waals surface area contributed by atoms with Gasteiger partial charge in [-0.15, -0.1) is 0 Å². The summed E-state index contributed by atoms with van der Waals surface area (Å²) in [6.07, 6.45) is 8.47. The molecule has 20 heavy (non-hydrogen) atoms. The Morgan fingerprint density at radius 3 is 3.05 bits per heavy atom. The minimum Gasteiger partial charge on any atom is -0.375 e. The lowest BCUT2D eigenvalue weighted by molar-refractivity contribution is -0.131. The number of nitrogens with zero attached hydrogens (tertiary/aromatic N) is 3. The third-order valence-corrected chi connectivity index (χ3v) is 4.64. The molecular formula is C15H23N3O2. The molecule has 0 N–H and O–H groups in total. The average molecular weight is 277 g/mol. The summed E-state index contributed by atoms with van der Waals surface area (Å²) in [5, 5.41) is 0. The third kappa shape index (κ3) is 2.59. The van der Waals surface area contributed by atoms with E-state index >= 15 is 0 Å². The summed E-state index contributed by atoms with van der Waals surface area (Å²) in [5.74, 6) is 1.21. The van der Waals surface area contributed by atoms with Gasteiger partial charge in [0.2, 0.25) is 5.91 Å². The molecule has 1 atom stereocenters. The summed E-state index contributed by atoms with van der Waals surface area (Å²) in [5.41, 5.74) is -0.0232. The Labute approximate surface area is 119 Å². The number of carbonyl (C=O) groups is 1. The maximum Gasteiger partial charge on any atom is 0.223 e. The molecule has 2 saturated heterocycles. The molecule has 3 heterocycles. The number of ether oxygens (including phenoxy) is 1. The normalized spacial score (nSPS) is 27.2. The molecule has 2 aliphatic heterocycles. The Balaban J connectivity index is 1.69. The number of hydrogen-bond acceptors (Lipinski definition) is 3. The fraction of sp³-hybridized carbons (Fsp3) is 0.733. The highest BCUT2D eigenvalue weighted by Crippen LogP contribution is 2.36. The summed E-state index contributed by atoms with van der Waals surface area (Å²) in [4.78, 5) is 18.6. The van der Waals surface area contributed by atoms with Gasteiger partial charge in [-0.25, -0.2) is 4.98 Å². The monoisotopic (exact) mass is 277 g/mol. The number of hydrogen-bond donors (Lipinski definition) is 0. The van der Waals surface area contributed by atoms with Crippen LogP contribution in [0.3, 0.4) is 0 Å². The largest absolute Gasteiger partial charge is 0.375 e. The zero-order valence-electron chi connectivity index (χ0n) is 12.2. The van der Waals surface area contributed by atoms with Crippen LogP contribution in [-0.4, -0.2) is 39.1 Å². The highest BCUT2D eigenvalue weighted by Gasteiger charge is 2.38. The second-order valence-electron chi connectivity index (χ2n) is 5.83. The summed E-state index contributed by atoms with van der Waals surface area (Å²) in [7, 11) is 0. The van der Waals surface area contributed by atoms with Gasteiger partial charge in [0.1, 0.15) is 5.82 Å². The first-order valence-corrected chi connectivity index (χ1v) is 7.64. The van der Waals surface area contributed by atoms with Crippen LogP contribution in [0.2, 0.25) is 0 Å². The maximum absolute atomic E-state index is 12.3. The standard InChI is InChI=1S/C15H23N3O2/c1-2-17-10-8-16-13(17)12-18-9-7-15(5-3-11-20-15)6-4-14(18)19/h8,10H,2-7,9,11-12H2,1H3. The zero-order valence-corrected chi connectivity index (χ0v) is 12.2. The summed E-state index contributed by atoms with van der Waals surface area (Å²) in [6.45, 7) is 5.25. The summed E-state index contributed by atoms with van der Waals surface area (Å²) >= 11 is 0. The highest BCUT2D eigenvalue weighted by atomic mass is 16.5. The summed E-state index contributed by atoms with van der Waals surface area (Å²) in [6, 6.07) is 0. The smallest absolute Gasteiger partial charge is 0.223 e. The van der Waals surface area contributed by atoms with E-state index in [-0.39, 0.29) is 11.5 Å². The Morgan fingerprint density at radius 2 is 2.30 bits per heavy atom. The fourth-order valence-corrected chi connectivity index (χ4v) is 3.35. The van der Waals surface area contributed by atoms with Crippen molar-refractivity contribution in [3.63, 3.8) is 0 Å². The van der Waals surface area contributed by atoms with Gasteiger partial charge in [0.05, 0.1) is 12.1 Å². The second-order valence-corrected chi connectivity index (χ2v) is 5.83. The van der Waals surface area contributed by atoms with Gasteiger partial charge >= 0.3 is 0 Å². The SMILES string of the molecule is CCn1ccnc1CN1CCC2(CCCO2)CCC1=O. The predicted molar refractivity (Wildman–Crippen MR) is 75.1 cm³/mol. The van der Waals surface area contributed by atoms with Crippen molar-refractivity contribution < 1.29 is 9.53 Å². The average Bonchev–Trinajstić information content (AvgIpc) is 3.07. The fourth-order valence-electron chi connectivity index (χ4n) is 3.35. The van der Waals surface area contributed by atoms with Crippen molar-refractivity contribution in [3.8, 4) is 0 Å². The van der Waals surface area contributed by atoms with Crippen LogP contribution in [0.5, 0.6) is 0 Å². The molecule has 5 heteroatoms.